The van der Waals surface area contributed by atoms with E-state index in [4.69, 9.17) is 5.73 Å². The lowest BCUT2D eigenvalue weighted by atomic mass is 10.1. The van der Waals surface area contributed by atoms with Gasteiger partial charge in [0.05, 0.1) is 0 Å². The fraction of sp³-hybridized carbons (Fsp3) is 0.615. The summed E-state index contributed by atoms with van der Waals surface area (Å²) in [6, 6.07) is 3.53. The maximum absolute atomic E-state index is 11.7. The Morgan fingerprint density at radius 3 is 3.05 bits per heavy atom. The van der Waals surface area contributed by atoms with E-state index in [-0.39, 0.29) is 5.91 Å². The van der Waals surface area contributed by atoms with Crippen LogP contribution in [0, 0.1) is 0 Å². The van der Waals surface area contributed by atoms with Gasteiger partial charge in [0, 0.05) is 17.5 Å². The zero-order valence-electron chi connectivity index (χ0n) is 11.2. The fourth-order valence-corrected chi connectivity index (χ4v) is 3.02. The maximum Gasteiger partial charge on any atom is 0.250 e. The van der Waals surface area contributed by atoms with Gasteiger partial charge in [-0.25, -0.2) is 0 Å². The molecule has 0 saturated heterocycles. The van der Waals surface area contributed by atoms with Crippen LogP contribution in [0.2, 0.25) is 0 Å². The van der Waals surface area contributed by atoms with Gasteiger partial charge in [-0.1, -0.05) is 13.0 Å². The third-order valence-electron chi connectivity index (χ3n) is 2.72. The van der Waals surface area contributed by atoms with Gasteiger partial charge >= 0.3 is 0 Å². The van der Waals surface area contributed by atoms with Crippen LogP contribution in [0.5, 0.6) is 0 Å². The zero-order chi connectivity index (χ0) is 14.1. The third kappa shape index (κ3) is 6.42. The third-order valence-corrected chi connectivity index (χ3v) is 4.59. The molecular weight excluding hydrogens is 280 g/mol. The lowest BCUT2D eigenvalue weighted by Gasteiger charge is -2.18. The molecule has 0 spiro atoms. The van der Waals surface area contributed by atoms with E-state index < -0.39 is 12.1 Å². The molecule has 0 fully saturated rings. The number of carbonyl (C=O) groups is 1. The van der Waals surface area contributed by atoms with Crippen molar-refractivity contribution < 1.29 is 9.90 Å². The topological polar surface area (TPSA) is 75.3 Å². The van der Waals surface area contributed by atoms with E-state index in [1.807, 2.05) is 17.5 Å². The number of aliphatic hydroxyl groups excluding tert-OH is 1. The minimum atomic E-state index is -1.11. The smallest absolute Gasteiger partial charge is 0.250 e. The number of rotatable bonds is 9. The van der Waals surface area contributed by atoms with Crippen molar-refractivity contribution in [1.29, 1.82) is 0 Å². The van der Waals surface area contributed by atoms with Crippen molar-refractivity contribution in [2.45, 2.75) is 31.9 Å². The lowest BCUT2D eigenvalue weighted by Crippen LogP contribution is -2.47. The van der Waals surface area contributed by atoms with Gasteiger partial charge in [0.25, 0.3) is 0 Å². The Kier molecular flexibility index (Phi) is 8.13. The second-order valence-electron chi connectivity index (χ2n) is 4.21. The molecule has 4 N–H and O–H groups in total. The monoisotopic (exact) mass is 302 g/mol. The molecule has 0 aromatic carbocycles. The summed E-state index contributed by atoms with van der Waals surface area (Å²) in [7, 11) is 0. The predicted molar refractivity (Wildman–Crippen MR) is 82.6 cm³/mol. The summed E-state index contributed by atoms with van der Waals surface area (Å²) < 4.78 is 0. The Morgan fingerprint density at radius 1 is 1.63 bits per heavy atom. The van der Waals surface area contributed by atoms with Crippen LogP contribution in [-0.4, -0.2) is 41.2 Å². The minimum absolute atomic E-state index is 0.370. The summed E-state index contributed by atoms with van der Waals surface area (Å²) in [6.07, 6.45) is 0.329. The number of hydrogen-bond acceptors (Lipinski definition) is 5. The predicted octanol–water partition coefficient (Wildman–Crippen LogP) is 1.24. The highest BCUT2D eigenvalue weighted by atomic mass is 32.2. The first-order valence-electron chi connectivity index (χ1n) is 6.46. The van der Waals surface area contributed by atoms with Crippen molar-refractivity contribution >= 4 is 29.0 Å². The van der Waals surface area contributed by atoms with Gasteiger partial charge < -0.3 is 16.2 Å². The van der Waals surface area contributed by atoms with Crippen LogP contribution in [-0.2, 0) is 11.2 Å². The molecular formula is C13H22N2O2S2. The van der Waals surface area contributed by atoms with Crippen molar-refractivity contribution in [3.63, 3.8) is 0 Å². The number of amides is 1. The molecule has 0 bridgehead atoms. The number of nitrogens with one attached hydrogen (secondary N) is 1. The van der Waals surface area contributed by atoms with Crippen LogP contribution in [0.4, 0.5) is 0 Å². The molecule has 4 nitrogen and oxygen atoms in total. The quantitative estimate of drug-likeness (QED) is 0.600. The second-order valence-corrected chi connectivity index (χ2v) is 6.64. The highest BCUT2D eigenvalue weighted by Crippen LogP contribution is 2.08. The highest BCUT2D eigenvalue weighted by molar-refractivity contribution is 7.99. The molecule has 19 heavy (non-hydrogen) atoms. The van der Waals surface area contributed by atoms with E-state index in [2.05, 4.69) is 12.2 Å². The van der Waals surface area contributed by atoms with E-state index in [0.717, 1.165) is 17.9 Å². The first kappa shape index (κ1) is 16.5. The Bertz CT molecular complexity index is 358. The van der Waals surface area contributed by atoms with Crippen LogP contribution < -0.4 is 11.1 Å². The minimum Gasteiger partial charge on any atom is -0.382 e. The van der Waals surface area contributed by atoms with Crippen molar-refractivity contribution in [3.05, 3.63) is 22.4 Å². The van der Waals surface area contributed by atoms with E-state index in [9.17, 15) is 9.90 Å². The number of thioether (sulfide) groups is 1. The molecule has 1 unspecified atom stereocenters. The van der Waals surface area contributed by atoms with Gasteiger partial charge in [-0.2, -0.15) is 11.8 Å². The SMILES string of the molecule is CCSCC[C@@H](N)C(O)C(=O)NCCc1cccs1. The Labute approximate surface area is 122 Å². The van der Waals surface area contributed by atoms with Gasteiger partial charge in [0.1, 0.15) is 6.10 Å². The summed E-state index contributed by atoms with van der Waals surface area (Å²) in [5.74, 6) is 1.53. The van der Waals surface area contributed by atoms with Crippen LogP contribution in [0.3, 0.4) is 0 Å². The first-order chi connectivity index (χ1) is 9.15. The lowest BCUT2D eigenvalue weighted by molar-refractivity contribution is -0.130. The van der Waals surface area contributed by atoms with Crippen LogP contribution in [0.15, 0.2) is 17.5 Å². The maximum atomic E-state index is 11.7. The molecule has 0 aliphatic carbocycles. The summed E-state index contributed by atoms with van der Waals surface area (Å²) in [6.45, 7) is 2.61. The average Bonchev–Trinajstić information content (AvgIpc) is 2.91. The molecule has 1 heterocycles. The van der Waals surface area contributed by atoms with E-state index in [1.165, 1.54) is 4.88 Å². The Morgan fingerprint density at radius 2 is 2.42 bits per heavy atom. The number of aliphatic hydroxyl groups is 1. The zero-order valence-corrected chi connectivity index (χ0v) is 12.8. The second kappa shape index (κ2) is 9.36. The molecule has 1 aromatic rings. The normalized spacial score (nSPS) is 14.1. The van der Waals surface area contributed by atoms with E-state index in [1.54, 1.807) is 23.1 Å². The molecule has 0 aliphatic heterocycles. The Balaban J connectivity index is 2.20. The molecule has 0 radical (unpaired) electrons. The molecule has 2 atom stereocenters. The number of nitrogens with two attached hydrogens (primary N) is 1. The molecule has 1 rings (SSSR count). The molecule has 0 saturated carbocycles. The van der Waals surface area contributed by atoms with E-state index >= 15 is 0 Å². The fourth-order valence-electron chi connectivity index (χ4n) is 1.58. The standard InChI is InChI=1S/C13H22N2O2S2/c1-2-18-9-6-11(14)12(16)13(17)15-7-5-10-4-3-8-19-10/h3-4,8,11-12,16H,2,5-7,9,14H2,1H3,(H,15,17)/t11-,12?/m1/s1. The summed E-state index contributed by atoms with van der Waals surface area (Å²) in [5, 5.41) is 14.5. The van der Waals surface area contributed by atoms with Gasteiger partial charge in [0.2, 0.25) is 5.91 Å². The van der Waals surface area contributed by atoms with Gasteiger partial charge in [-0.15, -0.1) is 11.3 Å². The van der Waals surface area contributed by atoms with Crippen molar-refractivity contribution in [2.24, 2.45) is 5.73 Å². The number of thiophene rings is 1. The van der Waals surface area contributed by atoms with Crippen LogP contribution in [0.1, 0.15) is 18.2 Å². The van der Waals surface area contributed by atoms with E-state index in [0.29, 0.717) is 13.0 Å². The summed E-state index contributed by atoms with van der Waals surface area (Å²) >= 11 is 3.42. The van der Waals surface area contributed by atoms with Crippen LogP contribution in [0.25, 0.3) is 0 Å². The number of hydrogen-bond donors (Lipinski definition) is 3. The Hall–Kier alpha value is -0.560. The largest absolute Gasteiger partial charge is 0.382 e. The van der Waals surface area contributed by atoms with Gasteiger partial charge in [-0.05, 0) is 35.8 Å². The van der Waals surface area contributed by atoms with Crippen LogP contribution >= 0.6 is 23.1 Å². The molecule has 0 aliphatic rings. The first-order valence-corrected chi connectivity index (χ1v) is 8.50. The molecule has 108 valence electrons. The molecule has 1 amide bonds. The summed E-state index contributed by atoms with van der Waals surface area (Å²) in [4.78, 5) is 12.9. The summed E-state index contributed by atoms with van der Waals surface area (Å²) in [5.41, 5.74) is 5.80. The van der Waals surface area contributed by atoms with Gasteiger partial charge in [-0.3, -0.25) is 4.79 Å². The number of carbonyl (C=O) groups excluding carboxylic acids is 1. The highest BCUT2D eigenvalue weighted by Gasteiger charge is 2.21. The van der Waals surface area contributed by atoms with Gasteiger partial charge in [0.15, 0.2) is 0 Å². The molecule has 1 aromatic heterocycles. The average molecular weight is 302 g/mol. The van der Waals surface area contributed by atoms with Crippen molar-refractivity contribution in [1.82, 2.24) is 5.32 Å². The molecule has 6 heteroatoms. The van der Waals surface area contributed by atoms with Crippen molar-refractivity contribution in [3.8, 4) is 0 Å². The van der Waals surface area contributed by atoms with Crippen molar-refractivity contribution in [2.75, 3.05) is 18.1 Å².